The summed E-state index contributed by atoms with van der Waals surface area (Å²) in [7, 11) is 0. The van der Waals surface area contributed by atoms with Crippen LogP contribution in [0.3, 0.4) is 0 Å². The summed E-state index contributed by atoms with van der Waals surface area (Å²) in [4.78, 5) is 46.0. The lowest BCUT2D eigenvalue weighted by Crippen LogP contribution is -2.31. The van der Waals surface area contributed by atoms with E-state index in [9.17, 15) is 19.7 Å². The third-order valence-corrected chi connectivity index (χ3v) is 7.02. The van der Waals surface area contributed by atoms with Crippen LogP contribution in [0.15, 0.2) is 90.0 Å². The van der Waals surface area contributed by atoms with Gasteiger partial charge in [0.15, 0.2) is 5.17 Å². The minimum absolute atomic E-state index is 0.0775. The lowest BCUT2D eigenvalue weighted by Gasteiger charge is -2.15. The van der Waals surface area contributed by atoms with E-state index in [0.29, 0.717) is 27.6 Å². The molecule has 5 aromatic rings. The number of non-ortho nitro benzene ring substituents is 1. The molecule has 1 aliphatic heterocycles. The first kappa shape index (κ1) is 23.4. The number of pyridine rings is 1. The number of nitrogens with one attached hydrogen (secondary N) is 2. The Hall–Kier alpha value is -5.03. The van der Waals surface area contributed by atoms with Gasteiger partial charge in [-0.25, -0.2) is 10.4 Å². The van der Waals surface area contributed by atoms with Crippen molar-refractivity contribution in [2.24, 2.45) is 5.10 Å². The number of nitrogens with zero attached hydrogens (tertiary/aromatic N) is 4. The Morgan fingerprint density at radius 3 is 2.63 bits per heavy atom. The molecule has 2 aromatic heterocycles. The number of hydrogen-bond donors (Lipinski definition) is 2. The number of hydrazone groups is 1. The zero-order valence-corrected chi connectivity index (χ0v) is 20.4. The molecule has 186 valence electrons. The Kier molecular flexibility index (Phi) is 5.81. The van der Waals surface area contributed by atoms with Crippen LogP contribution in [0.5, 0.6) is 0 Å². The fourth-order valence-corrected chi connectivity index (χ4v) is 5.20. The van der Waals surface area contributed by atoms with Crippen LogP contribution in [-0.4, -0.2) is 37.6 Å². The summed E-state index contributed by atoms with van der Waals surface area (Å²) in [6, 6.07) is 24.4. The number of amidine groups is 1. The topological polar surface area (TPSA) is 134 Å². The highest BCUT2D eigenvalue weighted by molar-refractivity contribution is 8.15. The van der Waals surface area contributed by atoms with E-state index in [1.54, 1.807) is 30.3 Å². The normalized spacial score (nSPS) is 14.5. The van der Waals surface area contributed by atoms with E-state index in [0.717, 1.165) is 16.3 Å². The number of carbonyl (C=O) groups excluding carboxylic acids is 2. The number of rotatable bonds is 5. The number of amides is 2. The van der Waals surface area contributed by atoms with Crippen LogP contribution in [0, 0.1) is 10.1 Å². The van der Waals surface area contributed by atoms with E-state index >= 15 is 0 Å². The van der Waals surface area contributed by atoms with E-state index in [1.165, 1.54) is 28.8 Å². The number of fused-ring (bicyclic) bond motifs is 3. The Bertz CT molecular complexity index is 1780. The second kappa shape index (κ2) is 9.45. The first-order valence-electron chi connectivity index (χ1n) is 11.5. The van der Waals surface area contributed by atoms with Crippen LogP contribution in [-0.2, 0) is 4.79 Å². The highest BCUT2D eigenvalue weighted by atomic mass is 32.2. The molecule has 6 rings (SSSR count). The van der Waals surface area contributed by atoms with Crippen LogP contribution >= 0.6 is 11.8 Å². The van der Waals surface area contributed by atoms with Gasteiger partial charge in [-0.3, -0.25) is 24.6 Å². The smallest absolute Gasteiger partial charge is 0.290 e. The van der Waals surface area contributed by atoms with E-state index in [-0.39, 0.29) is 23.0 Å². The van der Waals surface area contributed by atoms with Crippen LogP contribution in [0.4, 0.5) is 11.4 Å². The predicted octanol–water partition coefficient (Wildman–Crippen LogP) is 5.07. The number of H-pyrrole nitrogens is 1. The third-order valence-electron chi connectivity index (χ3n) is 6.09. The molecular formula is C27H18N6O4S. The van der Waals surface area contributed by atoms with Crippen molar-refractivity contribution in [3.05, 3.63) is 101 Å². The Labute approximate surface area is 219 Å². The molecule has 3 aromatic carbocycles. The van der Waals surface area contributed by atoms with Crippen LogP contribution in [0.25, 0.3) is 33.1 Å². The number of aromatic amines is 1. The Morgan fingerprint density at radius 1 is 1.03 bits per heavy atom. The van der Waals surface area contributed by atoms with Crippen LogP contribution < -0.4 is 10.3 Å². The van der Waals surface area contributed by atoms with Gasteiger partial charge in [0.05, 0.1) is 27.6 Å². The molecule has 0 spiro atoms. The molecule has 3 heterocycles. The predicted molar refractivity (Wildman–Crippen MR) is 147 cm³/mol. The van der Waals surface area contributed by atoms with Gasteiger partial charge >= 0.3 is 0 Å². The average molecular weight is 523 g/mol. The molecule has 0 aliphatic carbocycles. The second-order valence-corrected chi connectivity index (χ2v) is 9.39. The number of carbonyl (C=O) groups is 2. The van der Waals surface area contributed by atoms with Crippen molar-refractivity contribution >= 4 is 61.9 Å². The number of thioether (sulfide) groups is 1. The highest BCUT2D eigenvalue weighted by Crippen LogP contribution is 2.34. The molecule has 2 N–H and O–H groups in total. The van der Waals surface area contributed by atoms with Gasteiger partial charge in [0, 0.05) is 34.0 Å². The zero-order chi connectivity index (χ0) is 26.2. The Morgan fingerprint density at radius 2 is 1.82 bits per heavy atom. The van der Waals surface area contributed by atoms with Crippen molar-refractivity contribution in [3.63, 3.8) is 0 Å². The SMILES string of the molecule is O=C(N/N=C1\SCC(=O)N1c1ccccc1)c1cc2c([nH]c3ccccc32)c(-c2cccc([N+](=O)[O-])c2)n1. The summed E-state index contributed by atoms with van der Waals surface area (Å²) in [5.41, 5.74) is 5.56. The summed E-state index contributed by atoms with van der Waals surface area (Å²) in [5, 5.41) is 17.6. The maximum absolute atomic E-state index is 13.3. The van der Waals surface area contributed by atoms with Gasteiger partial charge < -0.3 is 4.98 Å². The minimum atomic E-state index is -0.579. The quantitative estimate of drug-likeness (QED) is 0.244. The van der Waals surface area contributed by atoms with E-state index in [4.69, 9.17) is 0 Å². The molecule has 38 heavy (non-hydrogen) atoms. The number of para-hydroxylation sites is 2. The molecule has 0 bridgehead atoms. The van der Waals surface area contributed by atoms with E-state index in [1.807, 2.05) is 42.5 Å². The summed E-state index contributed by atoms with van der Waals surface area (Å²) in [5.74, 6) is -0.509. The first-order valence-corrected chi connectivity index (χ1v) is 12.5. The largest absolute Gasteiger partial charge is 0.353 e. The molecule has 0 unspecified atom stereocenters. The molecule has 0 atom stereocenters. The number of aromatic nitrogens is 2. The fraction of sp³-hybridized carbons (Fsp3) is 0.0370. The lowest BCUT2D eigenvalue weighted by atomic mass is 10.1. The molecule has 1 aliphatic rings. The molecule has 0 radical (unpaired) electrons. The standard InChI is InChI=1S/C27H18N6O4S/c34-23-15-38-27(32(23)17-8-2-1-3-9-17)31-30-26(35)22-14-20-19-11-4-5-12-21(19)28-25(20)24(29-22)16-7-6-10-18(13-16)33(36)37/h1-14,28H,15H2,(H,30,35)/b31-27-. The zero-order valence-electron chi connectivity index (χ0n) is 19.6. The summed E-state index contributed by atoms with van der Waals surface area (Å²) in [6.45, 7) is 0. The number of benzene rings is 3. The van der Waals surface area contributed by atoms with Crippen LogP contribution in [0.1, 0.15) is 10.5 Å². The molecule has 11 heteroatoms. The molecular weight excluding hydrogens is 504 g/mol. The highest BCUT2D eigenvalue weighted by Gasteiger charge is 2.30. The van der Waals surface area contributed by atoms with Crippen molar-refractivity contribution in [1.82, 2.24) is 15.4 Å². The molecule has 1 saturated heterocycles. The molecule has 0 saturated carbocycles. The summed E-state index contributed by atoms with van der Waals surface area (Å²) < 4.78 is 0. The van der Waals surface area contributed by atoms with Gasteiger partial charge in [-0.2, -0.15) is 0 Å². The average Bonchev–Trinajstić information content (AvgIpc) is 3.51. The van der Waals surface area contributed by atoms with Gasteiger partial charge in [0.2, 0.25) is 5.91 Å². The monoisotopic (exact) mass is 522 g/mol. The number of anilines is 1. The Balaban J connectivity index is 1.42. The van der Waals surface area contributed by atoms with E-state index in [2.05, 4.69) is 20.5 Å². The van der Waals surface area contributed by atoms with Crippen molar-refractivity contribution in [1.29, 1.82) is 0 Å². The van der Waals surface area contributed by atoms with Gasteiger partial charge in [0.1, 0.15) is 5.69 Å². The van der Waals surface area contributed by atoms with Gasteiger partial charge in [-0.05, 0) is 24.3 Å². The van der Waals surface area contributed by atoms with Gasteiger partial charge in [0.25, 0.3) is 11.6 Å². The second-order valence-electron chi connectivity index (χ2n) is 8.45. The first-order chi connectivity index (χ1) is 18.5. The van der Waals surface area contributed by atoms with Crippen LogP contribution in [0.2, 0.25) is 0 Å². The van der Waals surface area contributed by atoms with E-state index < -0.39 is 10.8 Å². The maximum atomic E-state index is 13.3. The molecule has 10 nitrogen and oxygen atoms in total. The summed E-state index contributed by atoms with van der Waals surface area (Å²) >= 11 is 1.22. The number of hydrogen-bond acceptors (Lipinski definition) is 7. The molecule has 2 amide bonds. The van der Waals surface area contributed by atoms with Gasteiger partial charge in [-0.1, -0.05) is 60.3 Å². The van der Waals surface area contributed by atoms with Crippen molar-refractivity contribution in [3.8, 4) is 11.3 Å². The summed E-state index contributed by atoms with van der Waals surface area (Å²) in [6.07, 6.45) is 0. The third kappa shape index (κ3) is 4.14. The number of nitro benzene ring substituents is 1. The fourth-order valence-electron chi connectivity index (χ4n) is 4.37. The van der Waals surface area contributed by atoms with Gasteiger partial charge in [-0.15, -0.1) is 5.10 Å². The number of nitro groups is 1. The van der Waals surface area contributed by atoms with Crippen molar-refractivity contribution in [2.45, 2.75) is 0 Å². The van der Waals surface area contributed by atoms with Crippen molar-refractivity contribution in [2.75, 3.05) is 10.7 Å². The molecule has 1 fully saturated rings. The van der Waals surface area contributed by atoms with Crippen molar-refractivity contribution < 1.29 is 14.5 Å². The minimum Gasteiger partial charge on any atom is -0.353 e. The lowest BCUT2D eigenvalue weighted by molar-refractivity contribution is -0.384. The maximum Gasteiger partial charge on any atom is 0.290 e.